The number of ether oxygens (including phenoxy) is 5. The van der Waals surface area contributed by atoms with Crippen LogP contribution in [0.15, 0.2) is 48.6 Å². The molecular formula is C24H34O9. The van der Waals surface area contributed by atoms with Crippen molar-refractivity contribution in [3.05, 3.63) is 48.6 Å². The highest BCUT2D eigenvalue weighted by atomic mass is 16.7. The van der Waals surface area contributed by atoms with Gasteiger partial charge in [-0.3, -0.25) is 0 Å². The average molecular weight is 467 g/mol. The molecule has 0 aromatic heterocycles. The third kappa shape index (κ3) is 9.44. The Morgan fingerprint density at radius 2 is 1.09 bits per heavy atom. The first-order valence-electron chi connectivity index (χ1n) is 10.4. The predicted molar refractivity (Wildman–Crippen MR) is 121 cm³/mol. The Morgan fingerprint density at radius 1 is 0.697 bits per heavy atom. The van der Waals surface area contributed by atoms with E-state index >= 15 is 0 Å². The second kappa shape index (κ2) is 14.1. The van der Waals surface area contributed by atoms with Gasteiger partial charge in [-0.05, 0) is 27.7 Å². The number of carbonyl (C=O) groups excluding carboxylic acids is 4. The van der Waals surface area contributed by atoms with Gasteiger partial charge in [0.25, 0.3) is 0 Å². The second-order valence-corrected chi connectivity index (χ2v) is 7.28. The molecule has 0 aromatic carbocycles. The van der Waals surface area contributed by atoms with E-state index in [4.69, 9.17) is 23.7 Å². The topological polar surface area (TPSA) is 114 Å². The molecule has 0 N–H and O–H groups in total. The summed E-state index contributed by atoms with van der Waals surface area (Å²) in [7, 11) is 0. The molecule has 1 aliphatic rings. The third-order valence-electron chi connectivity index (χ3n) is 4.05. The van der Waals surface area contributed by atoms with Gasteiger partial charge in [0.15, 0.2) is 18.3 Å². The van der Waals surface area contributed by atoms with Crippen molar-refractivity contribution in [2.24, 2.45) is 0 Å². The van der Waals surface area contributed by atoms with Crippen molar-refractivity contribution in [2.45, 2.75) is 66.0 Å². The van der Waals surface area contributed by atoms with E-state index < -0.39 is 48.3 Å². The van der Waals surface area contributed by atoms with Crippen LogP contribution in [0.25, 0.3) is 0 Å². The first-order chi connectivity index (χ1) is 15.3. The molecule has 0 radical (unpaired) electrons. The van der Waals surface area contributed by atoms with Crippen molar-refractivity contribution in [1.82, 2.24) is 0 Å². The molecule has 9 nitrogen and oxygen atoms in total. The number of hydrogen-bond acceptors (Lipinski definition) is 9. The van der Waals surface area contributed by atoms with E-state index in [1.165, 1.54) is 27.7 Å². The van der Waals surface area contributed by atoms with Crippen molar-refractivity contribution in [2.75, 3.05) is 13.2 Å². The quantitative estimate of drug-likeness (QED) is 0.287. The van der Waals surface area contributed by atoms with Crippen molar-refractivity contribution in [1.29, 1.82) is 0 Å². The minimum absolute atomic E-state index is 0.0729. The first kappa shape index (κ1) is 29.8. The van der Waals surface area contributed by atoms with Crippen LogP contribution in [-0.2, 0) is 42.9 Å². The monoisotopic (exact) mass is 466 g/mol. The van der Waals surface area contributed by atoms with Crippen molar-refractivity contribution >= 4 is 23.9 Å². The molecule has 1 saturated heterocycles. The van der Waals surface area contributed by atoms with Crippen LogP contribution >= 0.6 is 0 Å². The van der Waals surface area contributed by atoms with Gasteiger partial charge in [-0.25, -0.2) is 19.2 Å². The summed E-state index contributed by atoms with van der Waals surface area (Å²) in [6.45, 7) is 23.2. The molecule has 184 valence electrons. The normalized spacial score (nSPS) is 21.3. The van der Waals surface area contributed by atoms with Gasteiger partial charge in [-0.15, -0.1) is 0 Å². The van der Waals surface area contributed by atoms with Gasteiger partial charge in [-0.1, -0.05) is 40.2 Å². The van der Waals surface area contributed by atoms with E-state index in [2.05, 4.69) is 26.3 Å². The molecule has 9 heteroatoms. The lowest BCUT2D eigenvalue weighted by Gasteiger charge is -2.40. The number of rotatable bonds is 9. The van der Waals surface area contributed by atoms with Crippen molar-refractivity contribution in [3.8, 4) is 0 Å². The van der Waals surface area contributed by atoms with Crippen LogP contribution in [-0.4, -0.2) is 61.5 Å². The van der Waals surface area contributed by atoms with Gasteiger partial charge in [0.1, 0.15) is 12.7 Å². The molecule has 0 amide bonds. The second-order valence-electron chi connectivity index (χ2n) is 7.28. The standard InChI is InChI=1S/C22H28O9.C2H6/c1-11(2)19(23)28-9-15-17(30-21(25)13(5)6)18(31-22(26)14(7)8)16(10-27-15)29-20(24)12(3)4;1-2/h15-18H,1,3,5,7,9-10H2,2,4,6,8H3;1-2H3/t15?,16-,17-,18-;/m1./s1. The van der Waals surface area contributed by atoms with E-state index in [-0.39, 0.29) is 35.5 Å². The maximum absolute atomic E-state index is 12.2. The molecule has 1 unspecified atom stereocenters. The molecule has 0 bridgehead atoms. The molecule has 0 aromatic rings. The van der Waals surface area contributed by atoms with Gasteiger partial charge >= 0.3 is 23.9 Å². The molecule has 33 heavy (non-hydrogen) atoms. The fourth-order valence-corrected chi connectivity index (χ4v) is 2.33. The van der Waals surface area contributed by atoms with E-state index in [9.17, 15) is 19.2 Å². The summed E-state index contributed by atoms with van der Waals surface area (Å²) in [6.07, 6.45) is -4.68. The zero-order valence-corrected chi connectivity index (χ0v) is 20.2. The van der Waals surface area contributed by atoms with E-state index in [1.807, 2.05) is 13.8 Å². The summed E-state index contributed by atoms with van der Waals surface area (Å²) >= 11 is 0. The van der Waals surface area contributed by atoms with Gasteiger partial charge in [0.2, 0.25) is 0 Å². The van der Waals surface area contributed by atoms with Crippen LogP contribution in [0.1, 0.15) is 41.5 Å². The molecule has 0 saturated carbocycles. The van der Waals surface area contributed by atoms with E-state index in [1.54, 1.807) is 0 Å². The zero-order chi connectivity index (χ0) is 25.9. The average Bonchev–Trinajstić information content (AvgIpc) is 2.75. The van der Waals surface area contributed by atoms with Gasteiger partial charge < -0.3 is 23.7 Å². The fraction of sp³-hybridized carbons (Fsp3) is 0.500. The molecule has 0 spiro atoms. The maximum atomic E-state index is 12.2. The minimum Gasteiger partial charge on any atom is -0.459 e. The Balaban J connectivity index is 0.00000497. The molecule has 1 rings (SSSR count). The Bertz CT molecular complexity index is 809. The summed E-state index contributed by atoms with van der Waals surface area (Å²) in [5, 5.41) is 0. The Labute approximate surface area is 195 Å². The Hall–Kier alpha value is -3.20. The van der Waals surface area contributed by atoms with Crippen LogP contribution in [0.2, 0.25) is 0 Å². The highest BCUT2D eigenvalue weighted by Gasteiger charge is 2.48. The van der Waals surface area contributed by atoms with Crippen LogP contribution in [0.5, 0.6) is 0 Å². The van der Waals surface area contributed by atoms with Crippen LogP contribution < -0.4 is 0 Å². The first-order valence-corrected chi connectivity index (χ1v) is 10.4. The lowest BCUT2D eigenvalue weighted by Crippen LogP contribution is -2.59. The highest BCUT2D eigenvalue weighted by Crippen LogP contribution is 2.26. The highest BCUT2D eigenvalue weighted by molar-refractivity contribution is 5.89. The summed E-state index contributed by atoms with van der Waals surface area (Å²) in [4.78, 5) is 48.3. The molecule has 4 atom stereocenters. The molecule has 1 aliphatic heterocycles. The van der Waals surface area contributed by atoms with E-state index in [0.29, 0.717) is 0 Å². The van der Waals surface area contributed by atoms with Gasteiger partial charge in [-0.2, -0.15) is 0 Å². The molecule has 1 heterocycles. The summed E-state index contributed by atoms with van der Waals surface area (Å²) < 4.78 is 26.9. The lowest BCUT2D eigenvalue weighted by atomic mass is 9.99. The lowest BCUT2D eigenvalue weighted by molar-refractivity contribution is -0.229. The number of hydrogen-bond donors (Lipinski definition) is 0. The summed E-state index contributed by atoms with van der Waals surface area (Å²) in [5.74, 6) is -3.02. The zero-order valence-electron chi connectivity index (χ0n) is 20.2. The Kier molecular flexibility index (Phi) is 12.7. The molecular weight excluding hydrogens is 432 g/mol. The minimum atomic E-state index is -1.28. The summed E-state index contributed by atoms with van der Waals surface area (Å²) in [5.41, 5.74) is 0.415. The predicted octanol–water partition coefficient (Wildman–Crippen LogP) is 2.99. The molecule has 0 aliphatic carbocycles. The van der Waals surface area contributed by atoms with Crippen LogP contribution in [0.3, 0.4) is 0 Å². The maximum Gasteiger partial charge on any atom is 0.333 e. The van der Waals surface area contributed by atoms with E-state index in [0.717, 1.165) is 0 Å². The van der Waals surface area contributed by atoms with Crippen LogP contribution in [0.4, 0.5) is 0 Å². The van der Waals surface area contributed by atoms with Crippen LogP contribution in [0, 0.1) is 0 Å². The SMILES string of the molecule is C=C(C)C(=O)OCC1OC[C@@H](OC(=O)C(=C)C)[C@@H](OC(=O)C(=C)C)[C@@H]1OC(=O)C(=C)C.CC. The smallest absolute Gasteiger partial charge is 0.333 e. The fourth-order valence-electron chi connectivity index (χ4n) is 2.33. The number of esters is 4. The van der Waals surface area contributed by atoms with Crippen molar-refractivity contribution in [3.63, 3.8) is 0 Å². The Morgan fingerprint density at radius 3 is 1.52 bits per heavy atom. The summed E-state index contributed by atoms with van der Waals surface area (Å²) in [6, 6.07) is 0. The largest absolute Gasteiger partial charge is 0.459 e. The molecule has 1 fully saturated rings. The third-order valence-corrected chi connectivity index (χ3v) is 4.05. The number of carbonyl (C=O) groups is 4. The van der Waals surface area contributed by atoms with Gasteiger partial charge in [0.05, 0.1) is 6.61 Å². The van der Waals surface area contributed by atoms with Crippen molar-refractivity contribution < 1.29 is 42.9 Å². The van der Waals surface area contributed by atoms with Gasteiger partial charge in [0, 0.05) is 22.3 Å².